The molecule has 6 heteroatoms. The van der Waals surface area contributed by atoms with Crippen molar-refractivity contribution in [2.75, 3.05) is 13.1 Å². The number of aromatic amines is 1. The molecule has 0 atom stereocenters. The average molecular weight is 515 g/mol. The highest BCUT2D eigenvalue weighted by Crippen LogP contribution is 2.31. The van der Waals surface area contributed by atoms with Gasteiger partial charge in [0.05, 0.1) is 11.2 Å². The van der Waals surface area contributed by atoms with E-state index in [1.54, 1.807) is 23.5 Å². The molecule has 3 rings (SSSR count). The summed E-state index contributed by atoms with van der Waals surface area (Å²) >= 11 is 1.65. The minimum atomic E-state index is -0.320. The maximum atomic E-state index is 15.2. The molecule has 0 bridgehead atoms. The second-order valence-electron chi connectivity index (χ2n) is 8.58. The number of hydrogen-bond donors (Lipinski definition) is 3. The lowest BCUT2D eigenvalue weighted by molar-refractivity contribution is 0.626. The number of aromatic nitrogens is 2. The van der Waals surface area contributed by atoms with E-state index in [0.29, 0.717) is 29.0 Å². The lowest BCUT2D eigenvalue weighted by atomic mass is 9.98. The van der Waals surface area contributed by atoms with Gasteiger partial charge in [0.2, 0.25) is 0 Å². The Bertz CT molecular complexity index is 1410. The van der Waals surface area contributed by atoms with Crippen molar-refractivity contribution in [1.29, 1.82) is 0 Å². The van der Waals surface area contributed by atoms with Crippen LogP contribution >= 0.6 is 11.3 Å². The van der Waals surface area contributed by atoms with Crippen molar-refractivity contribution >= 4 is 39.1 Å². The first kappa shape index (κ1) is 27.8. The zero-order valence-electron chi connectivity index (χ0n) is 22.0. The topological polar surface area (TPSA) is 52.7 Å². The fourth-order valence-corrected chi connectivity index (χ4v) is 4.67. The number of nitrogens with zero attached hydrogens (tertiary/aromatic N) is 1. The van der Waals surface area contributed by atoms with E-state index in [4.69, 9.17) is 0 Å². The Morgan fingerprint density at radius 1 is 1.24 bits per heavy atom. The molecule has 0 spiro atoms. The summed E-state index contributed by atoms with van der Waals surface area (Å²) in [5.74, 6) is -0.320. The van der Waals surface area contributed by atoms with Crippen LogP contribution in [0.3, 0.4) is 0 Å². The molecule has 3 aromatic rings. The predicted molar refractivity (Wildman–Crippen MR) is 160 cm³/mol. The van der Waals surface area contributed by atoms with Gasteiger partial charge in [-0.15, -0.1) is 0 Å². The van der Waals surface area contributed by atoms with Gasteiger partial charge < -0.3 is 10.6 Å². The zero-order chi connectivity index (χ0) is 26.9. The molecule has 37 heavy (non-hydrogen) atoms. The first-order valence-electron chi connectivity index (χ1n) is 12.2. The number of hydrogen-bond acceptors (Lipinski definition) is 4. The highest BCUT2D eigenvalue weighted by atomic mass is 32.1. The number of thiophene rings is 1. The maximum absolute atomic E-state index is 15.2. The highest BCUT2D eigenvalue weighted by molar-refractivity contribution is 7.08. The third kappa shape index (κ3) is 6.53. The summed E-state index contributed by atoms with van der Waals surface area (Å²) < 4.78 is 15.2. The molecule has 0 aliphatic carbocycles. The Morgan fingerprint density at radius 3 is 2.65 bits per heavy atom. The lowest BCUT2D eigenvalue weighted by Crippen LogP contribution is -2.15. The molecular formula is C31H35FN4S. The number of rotatable bonds is 12. The minimum absolute atomic E-state index is 0.320. The molecule has 0 saturated heterocycles. The fraction of sp³-hybridized carbons (Fsp3) is 0.194. The summed E-state index contributed by atoms with van der Waals surface area (Å²) in [6, 6.07) is 5.40. The van der Waals surface area contributed by atoms with Crippen molar-refractivity contribution in [2.24, 2.45) is 0 Å². The van der Waals surface area contributed by atoms with E-state index in [-0.39, 0.29) is 5.82 Å². The average Bonchev–Trinajstić information content (AvgIpc) is 3.57. The molecule has 0 fully saturated rings. The van der Waals surface area contributed by atoms with Crippen molar-refractivity contribution in [1.82, 2.24) is 20.8 Å². The second-order valence-corrected chi connectivity index (χ2v) is 9.36. The Hall–Kier alpha value is -3.74. The molecule has 1 aromatic carbocycles. The van der Waals surface area contributed by atoms with E-state index in [9.17, 15) is 0 Å². The molecule has 2 heterocycles. The molecule has 0 amide bonds. The fourth-order valence-electron chi connectivity index (χ4n) is 4.01. The van der Waals surface area contributed by atoms with Gasteiger partial charge in [0.1, 0.15) is 11.5 Å². The van der Waals surface area contributed by atoms with Gasteiger partial charge in [-0.1, -0.05) is 57.0 Å². The predicted octanol–water partition coefficient (Wildman–Crippen LogP) is 8.01. The van der Waals surface area contributed by atoms with Gasteiger partial charge in [-0.3, -0.25) is 5.10 Å². The highest BCUT2D eigenvalue weighted by Gasteiger charge is 2.16. The van der Waals surface area contributed by atoms with E-state index in [1.165, 1.54) is 6.07 Å². The molecule has 4 nitrogen and oxygen atoms in total. The van der Waals surface area contributed by atoms with Gasteiger partial charge >= 0.3 is 0 Å². The number of likely N-dealkylation sites (N-methyl/N-ethyl adjacent to an activating group) is 1. The third-order valence-corrected chi connectivity index (χ3v) is 6.85. The summed E-state index contributed by atoms with van der Waals surface area (Å²) in [6.45, 7) is 21.5. The van der Waals surface area contributed by atoms with E-state index in [1.807, 2.05) is 45.1 Å². The third-order valence-electron chi connectivity index (χ3n) is 6.16. The number of allylic oxidation sites excluding steroid dienone is 8. The second kappa shape index (κ2) is 13.0. The number of halogens is 1. The van der Waals surface area contributed by atoms with Crippen LogP contribution in [0.25, 0.3) is 27.7 Å². The minimum Gasteiger partial charge on any atom is -0.358 e. The molecule has 0 unspecified atom stereocenters. The standard InChI is InChI=1S/C31H35FN4S/c1-8-12-26(25-13-14-37-19-25)20(5)21(6)34-22(7)31-28-16-27(29(32)17-30(28)35-36-31)24(10-3)15-23(9-2)18-33-11-4/h8-10,12-17,19,33-34H,1-2,7,11,18H2,3-6H3,(H,35,36)/b21-20+,23-15+,24-10+,26-12+. The SMILES string of the molecule is C=C/C=C(\C(C)=C(/C)NC(=C)c1n[nH]c2cc(F)c(C(/C=C(\C=C)CNCC)=C/C)cc12)c1ccsc1. The Labute approximate surface area is 223 Å². The molecule has 3 N–H and O–H groups in total. The smallest absolute Gasteiger partial charge is 0.133 e. The number of nitrogens with one attached hydrogen (secondary N) is 3. The molecule has 2 aromatic heterocycles. The van der Waals surface area contributed by atoms with Crippen LogP contribution in [0.2, 0.25) is 0 Å². The van der Waals surface area contributed by atoms with Crippen molar-refractivity contribution in [3.63, 3.8) is 0 Å². The molecular weight excluding hydrogens is 479 g/mol. The van der Waals surface area contributed by atoms with Gasteiger partial charge in [0, 0.05) is 29.3 Å². The van der Waals surface area contributed by atoms with E-state index < -0.39 is 0 Å². The number of benzene rings is 1. The monoisotopic (exact) mass is 514 g/mol. The Morgan fingerprint density at radius 2 is 2.03 bits per heavy atom. The quantitative estimate of drug-likeness (QED) is 0.215. The van der Waals surface area contributed by atoms with E-state index >= 15 is 4.39 Å². The van der Waals surface area contributed by atoms with Crippen LogP contribution in [-0.2, 0) is 0 Å². The van der Waals surface area contributed by atoms with Crippen molar-refractivity contribution in [2.45, 2.75) is 27.7 Å². The van der Waals surface area contributed by atoms with Crippen LogP contribution in [0.1, 0.15) is 44.5 Å². The van der Waals surface area contributed by atoms with Gasteiger partial charge in [-0.2, -0.15) is 16.4 Å². The van der Waals surface area contributed by atoms with Gasteiger partial charge in [-0.05, 0) is 78.1 Å². The number of H-pyrrole nitrogens is 1. The van der Waals surface area contributed by atoms with Crippen LogP contribution in [0, 0.1) is 5.82 Å². The van der Waals surface area contributed by atoms with Crippen LogP contribution < -0.4 is 10.6 Å². The van der Waals surface area contributed by atoms with Crippen molar-refractivity contribution in [3.8, 4) is 0 Å². The van der Waals surface area contributed by atoms with E-state index in [2.05, 4.69) is 64.3 Å². The normalized spacial score (nSPS) is 13.5. The Kier molecular flexibility index (Phi) is 9.78. The van der Waals surface area contributed by atoms with Gasteiger partial charge in [-0.25, -0.2) is 4.39 Å². The molecule has 0 radical (unpaired) electrons. The Balaban J connectivity index is 1.98. The molecule has 0 aliphatic rings. The molecule has 0 aliphatic heterocycles. The van der Waals surface area contributed by atoms with Crippen LogP contribution in [0.15, 0.2) is 95.9 Å². The van der Waals surface area contributed by atoms with Crippen LogP contribution in [0.4, 0.5) is 4.39 Å². The summed E-state index contributed by atoms with van der Waals surface area (Å²) in [4.78, 5) is 0. The first-order valence-corrected chi connectivity index (χ1v) is 13.2. The van der Waals surface area contributed by atoms with Crippen molar-refractivity contribution in [3.05, 3.63) is 119 Å². The first-order chi connectivity index (χ1) is 17.8. The van der Waals surface area contributed by atoms with E-state index in [0.717, 1.165) is 45.5 Å². The summed E-state index contributed by atoms with van der Waals surface area (Å²) in [5, 5.41) is 19.1. The van der Waals surface area contributed by atoms with Gasteiger partial charge in [0.25, 0.3) is 0 Å². The summed E-state index contributed by atoms with van der Waals surface area (Å²) in [6.07, 6.45) is 9.45. The zero-order valence-corrected chi connectivity index (χ0v) is 22.9. The van der Waals surface area contributed by atoms with Crippen molar-refractivity contribution < 1.29 is 4.39 Å². The summed E-state index contributed by atoms with van der Waals surface area (Å²) in [5.41, 5.74) is 8.38. The van der Waals surface area contributed by atoms with Gasteiger partial charge in [0.15, 0.2) is 0 Å². The molecule has 192 valence electrons. The largest absolute Gasteiger partial charge is 0.358 e. The lowest BCUT2D eigenvalue weighted by Gasteiger charge is -2.15. The number of fused-ring (bicyclic) bond motifs is 1. The molecule has 0 saturated carbocycles. The van der Waals surface area contributed by atoms with Crippen LogP contribution in [-0.4, -0.2) is 23.3 Å². The summed E-state index contributed by atoms with van der Waals surface area (Å²) in [7, 11) is 0. The van der Waals surface area contributed by atoms with Crippen LogP contribution in [0.5, 0.6) is 0 Å². The maximum Gasteiger partial charge on any atom is 0.133 e.